The van der Waals surface area contributed by atoms with Gasteiger partial charge in [0.15, 0.2) is 0 Å². The number of rotatable bonds is 3. The molecule has 0 radical (unpaired) electrons. The Kier molecular flexibility index (Phi) is 2.99. The van der Waals surface area contributed by atoms with Gasteiger partial charge in [0.25, 0.3) is 5.91 Å². The number of primary amides is 1. The Morgan fingerprint density at radius 2 is 2.00 bits per heavy atom. The zero-order valence-corrected chi connectivity index (χ0v) is 9.20. The van der Waals surface area contributed by atoms with E-state index in [1.807, 2.05) is 6.07 Å². The fourth-order valence-electron chi connectivity index (χ4n) is 2.17. The van der Waals surface area contributed by atoms with Crippen LogP contribution in [0.1, 0.15) is 36.0 Å². The first-order valence-electron chi connectivity index (χ1n) is 5.62. The minimum Gasteiger partial charge on any atom is -0.398 e. The second-order valence-corrected chi connectivity index (χ2v) is 4.29. The molecule has 1 fully saturated rings. The lowest BCUT2D eigenvalue weighted by Crippen LogP contribution is -2.17. The summed E-state index contributed by atoms with van der Waals surface area (Å²) in [7, 11) is 0. The standard InChI is InChI=1S/C12H17N3O/c13-11-6-5-9(7-10(11)12(14)16)15-8-3-1-2-4-8/h5-8,15H,1-4,13H2,(H2,14,16). The van der Waals surface area contributed by atoms with Crippen molar-refractivity contribution >= 4 is 17.3 Å². The van der Waals surface area contributed by atoms with Crippen molar-refractivity contribution in [3.8, 4) is 0 Å². The van der Waals surface area contributed by atoms with Crippen LogP contribution in [-0.4, -0.2) is 11.9 Å². The molecule has 0 atom stereocenters. The maximum Gasteiger partial charge on any atom is 0.250 e. The number of carbonyl (C=O) groups excluding carboxylic acids is 1. The van der Waals surface area contributed by atoms with Crippen molar-refractivity contribution in [1.82, 2.24) is 0 Å². The molecule has 1 amide bonds. The number of benzene rings is 1. The third-order valence-electron chi connectivity index (χ3n) is 3.04. The van der Waals surface area contributed by atoms with Gasteiger partial charge in [0.1, 0.15) is 0 Å². The van der Waals surface area contributed by atoms with E-state index in [2.05, 4.69) is 5.32 Å². The average Bonchev–Trinajstić information content (AvgIpc) is 2.73. The van der Waals surface area contributed by atoms with Gasteiger partial charge >= 0.3 is 0 Å². The zero-order valence-electron chi connectivity index (χ0n) is 9.20. The maximum atomic E-state index is 11.1. The SMILES string of the molecule is NC(=O)c1cc(NC2CCCC2)ccc1N. The van der Waals surface area contributed by atoms with Crippen molar-refractivity contribution < 1.29 is 4.79 Å². The summed E-state index contributed by atoms with van der Waals surface area (Å²) in [5.74, 6) is -0.479. The second kappa shape index (κ2) is 4.43. The number of anilines is 2. The van der Waals surface area contributed by atoms with Crippen LogP contribution in [0.15, 0.2) is 18.2 Å². The molecule has 5 N–H and O–H groups in total. The molecule has 4 heteroatoms. The molecule has 1 aliphatic carbocycles. The van der Waals surface area contributed by atoms with Crippen molar-refractivity contribution in [1.29, 1.82) is 0 Å². The molecular formula is C12H17N3O. The van der Waals surface area contributed by atoms with Crippen LogP contribution in [0.2, 0.25) is 0 Å². The Bertz CT molecular complexity index is 397. The van der Waals surface area contributed by atoms with E-state index < -0.39 is 5.91 Å². The highest BCUT2D eigenvalue weighted by molar-refractivity contribution is 5.98. The summed E-state index contributed by atoms with van der Waals surface area (Å²) in [6.45, 7) is 0. The highest BCUT2D eigenvalue weighted by atomic mass is 16.1. The average molecular weight is 219 g/mol. The molecule has 86 valence electrons. The van der Waals surface area contributed by atoms with Crippen molar-refractivity contribution in [3.63, 3.8) is 0 Å². The lowest BCUT2D eigenvalue weighted by Gasteiger charge is -2.14. The number of nitrogens with two attached hydrogens (primary N) is 2. The van der Waals surface area contributed by atoms with E-state index in [1.165, 1.54) is 25.7 Å². The van der Waals surface area contributed by atoms with Crippen LogP contribution in [0.5, 0.6) is 0 Å². The summed E-state index contributed by atoms with van der Waals surface area (Å²) in [5, 5.41) is 3.40. The number of hydrogen-bond donors (Lipinski definition) is 3. The first-order valence-corrected chi connectivity index (χ1v) is 5.62. The maximum absolute atomic E-state index is 11.1. The number of amides is 1. The Hall–Kier alpha value is -1.71. The molecule has 0 saturated heterocycles. The lowest BCUT2D eigenvalue weighted by molar-refractivity contribution is 0.100. The van der Waals surface area contributed by atoms with Crippen molar-refractivity contribution in [2.24, 2.45) is 5.73 Å². The molecule has 0 heterocycles. The summed E-state index contributed by atoms with van der Waals surface area (Å²) in [5.41, 5.74) is 12.7. The first kappa shape index (κ1) is 10.8. The van der Waals surface area contributed by atoms with Crippen LogP contribution in [0.25, 0.3) is 0 Å². The minimum atomic E-state index is -0.479. The van der Waals surface area contributed by atoms with Gasteiger partial charge in [-0.1, -0.05) is 12.8 Å². The van der Waals surface area contributed by atoms with E-state index in [4.69, 9.17) is 11.5 Å². The molecule has 0 bridgehead atoms. The Balaban J connectivity index is 2.15. The van der Waals surface area contributed by atoms with Gasteiger partial charge in [0.05, 0.1) is 5.56 Å². The molecule has 0 spiro atoms. The molecular weight excluding hydrogens is 202 g/mol. The third kappa shape index (κ3) is 2.27. The van der Waals surface area contributed by atoms with Gasteiger partial charge in [0.2, 0.25) is 0 Å². The van der Waals surface area contributed by atoms with Crippen LogP contribution >= 0.6 is 0 Å². The molecule has 1 aromatic carbocycles. The summed E-state index contributed by atoms with van der Waals surface area (Å²) >= 11 is 0. The third-order valence-corrected chi connectivity index (χ3v) is 3.04. The molecule has 16 heavy (non-hydrogen) atoms. The van der Waals surface area contributed by atoms with Gasteiger partial charge in [0, 0.05) is 17.4 Å². The lowest BCUT2D eigenvalue weighted by atomic mass is 10.1. The molecule has 1 aromatic rings. The normalized spacial score (nSPS) is 16.2. The molecule has 0 aromatic heterocycles. The van der Waals surface area contributed by atoms with E-state index in [-0.39, 0.29) is 0 Å². The van der Waals surface area contributed by atoms with Crippen LogP contribution < -0.4 is 16.8 Å². The topological polar surface area (TPSA) is 81.1 Å². The van der Waals surface area contributed by atoms with Gasteiger partial charge in [-0.3, -0.25) is 4.79 Å². The molecule has 1 aliphatic rings. The van der Waals surface area contributed by atoms with E-state index in [9.17, 15) is 4.79 Å². The molecule has 0 aliphatic heterocycles. The highest BCUT2D eigenvalue weighted by Gasteiger charge is 2.15. The largest absolute Gasteiger partial charge is 0.398 e. The number of nitrogens with one attached hydrogen (secondary N) is 1. The molecule has 1 saturated carbocycles. The monoisotopic (exact) mass is 219 g/mol. The van der Waals surface area contributed by atoms with E-state index in [0.717, 1.165) is 5.69 Å². The van der Waals surface area contributed by atoms with Gasteiger partial charge < -0.3 is 16.8 Å². The minimum absolute atomic E-state index is 0.392. The Morgan fingerprint density at radius 3 is 2.62 bits per heavy atom. The second-order valence-electron chi connectivity index (χ2n) is 4.29. The molecule has 0 unspecified atom stereocenters. The van der Waals surface area contributed by atoms with Crippen molar-refractivity contribution in [2.75, 3.05) is 11.1 Å². The van der Waals surface area contributed by atoms with Crippen molar-refractivity contribution in [3.05, 3.63) is 23.8 Å². The summed E-state index contributed by atoms with van der Waals surface area (Å²) in [6, 6.07) is 5.86. The first-order chi connectivity index (χ1) is 7.66. The van der Waals surface area contributed by atoms with E-state index in [1.54, 1.807) is 12.1 Å². The van der Waals surface area contributed by atoms with Gasteiger partial charge in [-0.2, -0.15) is 0 Å². The molecule has 2 rings (SSSR count). The van der Waals surface area contributed by atoms with Crippen molar-refractivity contribution in [2.45, 2.75) is 31.7 Å². The molecule has 4 nitrogen and oxygen atoms in total. The zero-order chi connectivity index (χ0) is 11.5. The van der Waals surface area contributed by atoms with Crippen LogP contribution in [-0.2, 0) is 0 Å². The van der Waals surface area contributed by atoms with Crippen LogP contribution in [0, 0.1) is 0 Å². The summed E-state index contributed by atoms with van der Waals surface area (Å²) in [6.07, 6.45) is 4.93. The predicted octanol–water partition coefficient (Wildman–Crippen LogP) is 1.72. The van der Waals surface area contributed by atoms with Crippen LogP contribution in [0.4, 0.5) is 11.4 Å². The predicted molar refractivity (Wildman–Crippen MR) is 65.3 cm³/mol. The smallest absolute Gasteiger partial charge is 0.250 e. The van der Waals surface area contributed by atoms with Gasteiger partial charge in [-0.25, -0.2) is 0 Å². The van der Waals surface area contributed by atoms with Gasteiger partial charge in [-0.05, 0) is 31.0 Å². The van der Waals surface area contributed by atoms with E-state index >= 15 is 0 Å². The van der Waals surface area contributed by atoms with Crippen LogP contribution in [0.3, 0.4) is 0 Å². The Labute approximate surface area is 95.0 Å². The highest BCUT2D eigenvalue weighted by Crippen LogP contribution is 2.24. The quantitative estimate of drug-likeness (QED) is 0.677. The fourth-order valence-corrected chi connectivity index (χ4v) is 2.17. The summed E-state index contributed by atoms with van der Waals surface area (Å²) < 4.78 is 0. The number of hydrogen-bond acceptors (Lipinski definition) is 3. The summed E-state index contributed by atoms with van der Waals surface area (Å²) in [4.78, 5) is 11.1. The van der Waals surface area contributed by atoms with Gasteiger partial charge in [-0.15, -0.1) is 0 Å². The Morgan fingerprint density at radius 1 is 1.31 bits per heavy atom. The number of nitrogen functional groups attached to an aromatic ring is 1. The fraction of sp³-hybridized carbons (Fsp3) is 0.417. The van der Waals surface area contributed by atoms with E-state index in [0.29, 0.717) is 17.3 Å². The number of carbonyl (C=O) groups is 1.